The summed E-state index contributed by atoms with van der Waals surface area (Å²) in [7, 11) is 4.12. The molecule has 4 nitrogen and oxygen atoms in total. The van der Waals surface area contributed by atoms with Crippen LogP contribution in [0.2, 0.25) is 0 Å². The Bertz CT molecular complexity index is 632. The number of carbonyl (C=O) groups excluding carboxylic acids is 2. The number of fused-ring (bicyclic) bond motifs is 1. The van der Waals surface area contributed by atoms with E-state index in [0.717, 1.165) is 25.0 Å². The van der Waals surface area contributed by atoms with Gasteiger partial charge in [0.1, 0.15) is 5.78 Å². The van der Waals surface area contributed by atoms with Crippen LogP contribution in [-0.2, 0) is 16.0 Å². The summed E-state index contributed by atoms with van der Waals surface area (Å²) in [6.07, 6.45) is 1.88. The first kappa shape index (κ1) is 17.4. The van der Waals surface area contributed by atoms with Crippen LogP contribution in [0, 0.1) is 5.92 Å². The van der Waals surface area contributed by atoms with E-state index in [0.29, 0.717) is 0 Å². The van der Waals surface area contributed by atoms with Crippen LogP contribution in [0.5, 0.6) is 0 Å². The smallest absolute Gasteiger partial charge is 0.227 e. The predicted molar refractivity (Wildman–Crippen MR) is 93.1 cm³/mol. The van der Waals surface area contributed by atoms with E-state index in [1.54, 1.807) is 0 Å². The minimum atomic E-state index is -0.241. The highest BCUT2D eigenvalue weighted by atomic mass is 16.2. The maximum Gasteiger partial charge on any atom is 0.227 e. The van der Waals surface area contributed by atoms with Crippen molar-refractivity contribution in [1.29, 1.82) is 0 Å². The number of rotatable bonds is 7. The fourth-order valence-corrected chi connectivity index (χ4v) is 3.07. The van der Waals surface area contributed by atoms with Crippen molar-refractivity contribution in [3.8, 4) is 0 Å². The van der Waals surface area contributed by atoms with Crippen molar-refractivity contribution < 1.29 is 9.59 Å². The standard InChI is InChI=1S/C19H26N2O2/c1-13(22)12-20-19(23)14(2)18-16(9-10-21(3)4)11-15-7-5-6-8-17(15)18/h5-8,14H,9-12H2,1-4H3,(H,20,23). The summed E-state index contributed by atoms with van der Waals surface area (Å²) in [6.45, 7) is 4.49. The average Bonchev–Trinajstić information content (AvgIpc) is 2.88. The summed E-state index contributed by atoms with van der Waals surface area (Å²) >= 11 is 0. The number of hydrogen-bond acceptors (Lipinski definition) is 3. The number of benzene rings is 1. The molecule has 124 valence electrons. The van der Waals surface area contributed by atoms with E-state index >= 15 is 0 Å². The number of carbonyl (C=O) groups is 2. The molecule has 4 heteroatoms. The molecule has 0 saturated heterocycles. The third-order valence-corrected chi connectivity index (χ3v) is 4.29. The SMILES string of the molecule is CC(=O)CNC(=O)C(C)C1=C(CCN(C)C)Cc2ccccc21. The van der Waals surface area contributed by atoms with Crippen LogP contribution in [0.4, 0.5) is 0 Å². The Hall–Kier alpha value is -1.94. The van der Waals surface area contributed by atoms with Gasteiger partial charge in [0, 0.05) is 6.54 Å². The molecule has 1 aliphatic carbocycles. The van der Waals surface area contributed by atoms with Crippen molar-refractivity contribution in [2.45, 2.75) is 26.7 Å². The molecular weight excluding hydrogens is 288 g/mol. The lowest BCUT2D eigenvalue weighted by Gasteiger charge is -2.18. The van der Waals surface area contributed by atoms with Crippen LogP contribution in [0.25, 0.3) is 5.57 Å². The highest BCUT2D eigenvalue weighted by molar-refractivity contribution is 5.96. The maximum atomic E-state index is 12.4. The Balaban J connectivity index is 2.25. The molecule has 1 atom stereocenters. The summed E-state index contributed by atoms with van der Waals surface area (Å²) in [4.78, 5) is 25.7. The van der Waals surface area contributed by atoms with Gasteiger partial charge in [-0.1, -0.05) is 29.8 Å². The van der Waals surface area contributed by atoms with Crippen LogP contribution in [0.15, 0.2) is 29.8 Å². The average molecular weight is 314 g/mol. The van der Waals surface area contributed by atoms with Crippen molar-refractivity contribution in [3.63, 3.8) is 0 Å². The molecule has 0 aromatic heterocycles. The number of nitrogens with zero attached hydrogens (tertiary/aromatic N) is 1. The summed E-state index contributed by atoms with van der Waals surface area (Å²) in [6, 6.07) is 8.31. The van der Waals surface area contributed by atoms with Crippen molar-refractivity contribution in [2.75, 3.05) is 27.2 Å². The highest BCUT2D eigenvalue weighted by Gasteiger charge is 2.28. The van der Waals surface area contributed by atoms with Crippen LogP contribution < -0.4 is 5.32 Å². The fraction of sp³-hybridized carbons (Fsp3) is 0.474. The van der Waals surface area contributed by atoms with Gasteiger partial charge in [-0.25, -0.2) is 0 Å². The lowest BCUT2D eigenvalue weighted by molar-refractivity contribution is -0.125. The van der Waals surface area contributed by atoms with Crippen LogP contribution in [-0.4, -0.2) is 43.8 Å². The minimum Gasteiger partial charge on any atom is -0.349 e. The fourth-order valence-electron chi connectivity index (χ4n) is 3.07. The zero-order valence-electron chi connectivity index (χ0n) is 14.5. The van der Waals surface area contributed by atoms with Gasteiger partial charge in [-0.15, -0.1) is 0 Å². The molecule has 0 aliphatic heterocycles. The lowest BCUT2D eigenvalue weighted by atomic mass is 9.91. The molecule has 1 unspecified atom stereocenters. The van der Waals surface area contributed by atoms with Gasteiger partial charge in [-0.05, 0) is 57.5 Å². The normalized spacial score (nSPS) is 14.8. The van der Waals surface area contributed by atoms with E-state index in [4.69, 9.17) is 0 Å². The van der Waals surface area contributed by atoms with Crippen molar-refractivity contribution in [3.05, 3.63) is 41.0 Å². The molecule has 1 aromatic rings. The monoisotopic (exact) mass is 314 g/mol. The molecule has 0 bridgehead atoms. The molecule has 23 heavy (non-hydrogen) atoms. The van der Waals surface area contributed by atoms with Crippen molar-refractivity contribution in [1.82, 2.24) is 10.2 Å². The number of ketones is 1. The zero-order chi connectivity index (χ0) is 17.0. The third kappa shape index (κ3) is 4.29. The Morgan fingerprint density at radius 3 is 2.61 bits per heavy atom. The van der Waals surface area contributed by atoms with Crippen molar-refractivity contribution >= 4 is 17.3 Å². The molecule has 0 radical (unpaired) electrons. The minimum absolute atomic E-state index is 0.0285. The van der Waals surface area contributed by atoms with E-state index < -0.39 is 0 Å². The summed E-state index contributed by atoms with van der Waals surface area (Å²) < 4.78 is 0. The van der Waals surface area contributed by atoms with Crippen LogP contribution in [0.1, 0.15) is 31.4 Å². The first-order chi connectivity index (χ1) is 10.9. The molecule has 0 saturated carbocycles. The molecule has 1 N–H and O–H groups in total. The number of hydrogen-bond donors (Lipinski definition) is 1. The quantitative estimate of drug-likeness (QED) is 0.840. The highest BCUT2D eigenvalue weighted by Crippen LogP contribution is 2.39. The molecule has 1 aliphatic rings. The molecule has 0 spiro atoms. The number of amides is 1. The summed E-state index contributed by atoms with van der Waals surface area (Å²) in [5.74, 6) is -0.344. The number of nitrogens with one attached hydrogen (secondary N) is 1. The van der Waals surface area contributed by atoms with Gasteiger partial charge in [0.05, 0.1) is 12.5 Å². The van der Waals surface area contributed by atoms with Gasteiger partial charge in [-0.2, -0.15) is 0 Å². The molecule has 1 aromatic carbocycles. The second-order valence-electron chi connectivity index (χ2n) is 6.55. The van der Waals surface area contributed by atoms with Gasteiger partial charge in [0.2, 0.25) is 5.91 Å². The van der Waals surface area contributed by atoms with Gasteiger partial charge < -0.3 is 10.2 Å². The van der Waals surface area contributed by atoms with Crippen LogP contribution in [0.3, 0.4) is 0 Å². The Morgan fingerprint density at radius 1 is 1.26 bits per heavy atom. The zero-order valence-corrected chi connectivity index (χ0v) is 14.5. The van der Waals surface area contributed by atoms with Gasteiger partial charge in [0.25, 0.3) is 0 Å². The van der Waals surface area contributed by atoms with Crippen LogP contribution >= 0.6 is 0 Å². The first-order valence-corrected chi connectivity index (χ1v) is 8.12. The van der Waals surface area contributed by atoms with E-state index in [9.17, 15) is 9.59 Å². The largest absolute Gasteiger partial charge is 0.349 e. The van der Waals surface area contributed by atoms with Gasteiger partial charge in [-0.3, -0.25) is 9.59 Å². The predicted octanol–water partition coefficient (Wildman–Crippen LogP) is 2.29. The maximum absolute atomic E-state index is 12.4. The lowest BCUT2D eigenvalue weighted by Crippen LogP contribution is -2.33. The van der Waals surface area contributed by atoms with Crippen molar-refractivity contribution in [2.24, 2.45) is 5.92 Å². The molecule has 1 amide bonds. The van der Waals surface area contributed by atoms with Gasteiger partial charge in [0.15, 0.2) is 0 Å². The van der Waals surface area contributed by atoms with Gasteiger partial charge >= 0.3 is 0 Å². The molecule has 2 rings (SSSR count). The Labute approximate surface area is 138 Å². The molecule has 0 fully saturated rings. The summed E-state index contributed by atoms with van der Waals surface area (Å²) in [5.41, 5.74) is 4.96. The third-order valence-electron chi connectivity index (χ3n) is 4.29. The Kier molecular flexibility index (Phi) is 5.72. The first-order valence-electron chi connectivity index (χ1n) is 8.12. The van der Waals surface area contributed by atoms with E-state index in [2.05, 4.69) is 36.4 Å². The second-order valence-corrected chi connectivity index (χ2v) is 6.55. The Morgan fingerprint density at radius 2 is 1.96 bits per heavy atom. The van der Waals surface area contributed by atoms with E-state index in [-0.39, 0.29) is 24.2 Å². The van der Waals surface area contributed by atoms with E-state index in [1.165, 1.54) is 23.6 Å². The number of Topliss-reactive ketones (excluding diaryl/α,β-unsaturated/α-hetero) is 1. The van der Waals surface area contributed by atoms with E-state index in [1.807, 2.05) is 19.1 Å². The molecule has 0 heterocycles. The summed E-state index contributed by atoms with van der Waals surface area (Å²) in [5, 5.41) is 2.74. The second kappa shape index (κ2) is 7.55. The topological polar surface area (TPSA) is 49.4 Å². The molecular formula is C19H26N2O2.